The quantitative estimate of drug-likeness (QED) is 0.156. The van der Waals surface area contributed by atoms with Crippen molar-refractivity contribution in [3.8, 4) is 0 Å². The van der Waals surface area contributed by atoms with E-state index in [0.717, 1.165) is 57.8 Å². The number of carbonyl (C=O) groups is 3. The zero-order valence-electron chi connectivity index (χ0n) is 19.4. The number of ether oxygens (including phenoxy) is 2. The lowest BCUT2D eigenvalue weighted by atomic mass is 10.0. The van der Waals surface area contributed by atoms with Crippen LogP contribution in [-0.2, 0) is 23.9 Å². The normalized spacial score (nSPS) is 13.1. The van der Waals surface area contributed by atoms with E-state index in [-0.39, 0.29) is 25.2 Å². The summed E-state index contributed by atoms with van der Waals surface area (Å²) in [7, 11) is 1.41. The number of hydrogen-bond donors (Lipinski definition) is 2. The molecule has 0 aromatic carbocycles. The van der Waals surface area contributed by atoms with Crippen molar-refractivity contribution in [3.05, 3.63) is 12.2 Å². The van der Waals surface area contributed by atoms with Crippen LogP contribution in [0.25, 0.3) is 0 Å². The predicted octanol–water partition coefficient (Wildman–Crippen LogP) is 4.94. The summed E-state index contributed by atoms with van der Waals surface area (Å²) in [5.74, 6) is -1.53. The Labute approximate surface area is 187 Å². The van der Waals surface area contributed by atoms with Gasteiger partial charge in [-0.3, -0.25) is 14.4 Å². The van der Waals surface area contributed by atoms with Gasteiger partial charge < -0.3 is 19.7 Å². The van der Waals surface area contributed by atoms with E-state index < -0.39 is 24.1 Å². The zero-order valence-corrected chi connectivity index (χ0v) is 19.4. The second-order valence-corrected chi connectivity index (χ2v) is 7.93. The molecule has 0 aliphatic carbocycles. The molecule has 0 spiro atoms. The molecule has 0 aliphatic rings. The number of aliphatic hydroxyl groups excluding tert-OH is 1. The van der Waals surface area contributed by atoms with E-state index in [1.165, 1.54) is 7.11 Å². The van der Waals surface area contributed by atoms with Crippen molar-refractivity contribution in [2.24, 2.45) is 0 Å². The first kappa shape index (κ1) is 29.1. The molecule has 0 radical (unpaired) electrons. The molecule has 0 saturated carbocycles. The third-order valence-electron chi connectivity index (χ3n) is 5.10. The maximum atomic E-state index is 12.0. The Morgan fingerprint density at radius 1 is 0.839 bits per heavy atom. The average Bonchev–Trinajstić information content (AvgIpc) is 2.73. The van der Waals surface area contributed by atoms with E-state index >= 15 is 0 Å². The highest BCUT2D eigenvalue weighted by Crippen LogP contribution is 2.16. The van der Waals surface area contributed by atoms with E-state index in [1.807, 2.05) is 6.08 Å². The summed E-state index contributed by atoms with van der Waals surface area (Å²) < 4.78 is 10.1. The van der Waals surface area contributed by atoms with Gasteiger partial charge in [0.25, 0.3) is 0 Å². The minimum atomic E-state index is -0.932. The van der Waals surface area contributed by atoms with E-state index in [9.17, 15) is 19.5 Å². The molecule has 0 amide bonds. The number of carbonyl (C=O) groups excluding carboxylic acids is 2. The summed E-state index contributed by atoms with van der Waals surface area (Å²) >= 11 is 0. The number of carboxylic acids is 1. The second-order valence-electron chi connectivity index (χ2n) is 7.93. The molecule has 31 heavy (non-hydrogen) atoms. The van der Waals surface area contributed by atoms with Crippen LogP contribution in [0.1, 0.15) is 103 Å². The molecule has 0 aliphatic heterocycles. The van der Waals surface area contributed by atoms with Gasteiger partial charge >= 0.3 is 17.9 Å². The van der Waals surface area contributed by atoms with Crippen molar-refractivity contribution in [3.63, 3.8) is 0 Å². The number of hydrogen-bond acceptors (Lipinski definition) is 6. The molecule has 0 heterocycles. The van der Waals surface area contributed by atoms with Gasteiger partial charge in [-0.15, -0.1) is 0 Å². The molecule has 0 saturated heterocycles. The Kier molecular flexibility index (Phi) is 18.8. The standard InChI is InChI=1S/C24H42O7/c1-3-4-11-16-21(31-24(29)19-14-17-22(26)27)20(25)15-12-9-7-5-6-8-10-13-18-23(28)30-2/h9,12,20-21,25H,3-8,10-11,13-19H2,1-2H3,(H,26,27)/b12-9-. The van der Waals surface area contributed by atoms with E-state index in [4.69, 9.17) is 9.84 Å². The number of methoxy groups -OCH3 is 1. The van der Waals surface area contributed by atoms with Gasteiger partial charge in [0.2, 0.25) is 0 Å². The Hall–Kier alpha value is -1.89. The molecule has 7 nitrogen and oxygen atoms in total. The van der Waals surface area contributed by atoms with Crippen LogP contribution in [0.5, 0.6) is 0 Å². The summed E-state index contributed by atoms with van der Waals surface area (Å²) in [4.78, 5) is 33.6. The lowest BCUT2D eigenvalue weighted by molar-refractivity contribution is -0.155. The number of unbranched alkanes of at least 4 members (excludes halogenated alkanes) is 7. The maximum Gasteiger partial charge on any atom is 0.306 e. The Bertz CT molecular complexity index is 516. The highest BCUT2D eigenvalue weighted by molar-refractivity contribution is 5.71. The fraction of sp³-hybridized carbons (Fsp3) is 0.792. The summed E-state index contributed by atoms with van der Waals surface area (Å²) in [5, 5.41) is 19.1. The number of aliphatic carboxylic acids is 1. The van der Waals surface area contributed by atoms with Crippen LogP contribution in [-0.4, -0.2) is 47.4 Å². The first-order chi connectivity index (χ1) is 14.9. The molecular weight excluding hydrogens is 400 g/mol. The molecule has 2 N–H and O–H groups in total. The van der Waals surface area contributed by atoms with Crippen molar-refractivity contribution in [1.82, 2.24) is 0 Å². The minimum absolute atomic E-state index is 0.0543. The highest BCUT2D eigenvalue weighted by atomic mass is 16.6. The van der Waals surface area contributed by atoms with Gasteiger partial charge in [-0.25, -0.2) is 0 Å². The second kappa shape index (κ2) is 20.0. The van der Waals surface area contributed by atoms with Crippen molar-refractivity contribution in [2.75, 3.05) is 7.11 Å². The third-order valence-corrected chi connectivity index (χ3v) is 5.10. The predicted molar refractivity (Wildman–Crippen MR) is 120 cm³/mol. The van der Waals surface area contributed by atoms with Crippen LogP contribution in [0.3, 0.4) is 0 Å². The smallest absolute Gasteiger partial charge is 0.306 e. The largest absolute Gasteiger partial charge is 0.481 e. The summed E-state index contributed by atoms with van der Waals surface area (Å²) in [6, 6.07) is 0. The van der Waals surface area contributed by atoms with E-state index in [0.29, 0.717) is 19.3 Å². The number of rotatable bonds is 20. The third kappa shape index (κ3) is 18.6. The summed E-state index contributed by atoms with van der Waals surface area (Å²) in [6.45, 7) is 2.09. The average molecular weight is 443 g/mol. The van der Waals surface area contributed by atoms with Crippen LogP contribution in [0.15, 0.2) is 12.2 Å². The number of allylic oxidation sites excluding steroid dienone is 1. The molecule has 0 aromatic heterocycles. The fourth-order valence-corrected chi connectivity index (χ4v) is 3.21. The molecule has 0 fully saturated rings. The van der Waals surface area contributed by atoms with Gasteiger partial charge in [-0.1, -0.05) is 51.2 Å². The van der Waals surface area contributed by atoms with Crippen molar-refractivity contribution in [2.45, 2.75) is 115 Å². The lowest BCUT2D eigenvalue weighted by Crippen LogP contribution is -2.31. The molecule has 0 bridgehead atoms. The molecule has 2 unspecified atom stereocenters. The topological polar surface area (TPSA) is 110 Å². The Morgan fingerprint density at radius 3 is 2.19 bits per heavy atom. The van der Waals surface area contributed by atoms with Crippen LogP contribution in [0.4, 0.5) is 0 Å². The molecule has 0 aromatic rings. The van der Waals surface area contributed by atoms with Crippen LogP contribution in [0.2, 0.25) is 0 Å². The zero-order chi connectivity index (χ0) is 23.3. The number of carboxylic acid groups (broad SMARTS) is 1. The van der Waals surface area contributed by atoms with Gasteiger partial charge in [0.1, 0.15) is 6.10 Å². The van der Waals surface area contributed by atoms with Crippen LogP contribution in [0, 0.1) is 0 Å². The Morgan fingerprint density at radius 2 is 1.52 bits per heavy atom. The molecule has 2 atom stereocenters. The van der Waals surface area contributed by atoms with Gasteiger partial charge in [-0.05, 0) is 44.9 Å². The van der Waals surface area contributed by atoms with Crippen molar-refractivity contribution >= 4 is 17.9 Å². The van der Waals surface area contributed by atoms with Crippen molar-refractivity contribution < 1.29 is 34.1 Å². The maximum absolute atomic E-state index is 12.0. The highest BCUT2D eigenvalue weighted by Gasteiger charge is 2.22. The van der Waals surface area contributed by atoms with Gasteiger partial charge in [0, 0.05) is 19.3 Å². The Balaban J connectivity index is 4.13. The number of aliphatic hydroxyl groups is 1. The van der Waals surface area contributed by atoms with E-state index in [2.05, 4.69) is 17.7 Å². The van der Waals surface area contributed by atoms with Gasteiger partial charge in [-0.2, -0.15) is 0 Å². The number of esters is 2. The van der Waals surface area contributed by atoms with Gasteiger partial charge in [0.05, 0.1) is 13.2 Å². The summed E-state index contributed by atoms with van der Waals surface area (Å²) in [6.07, 6.45) is 13.4. The van der Waals surface area contributed by atoms with Crippen LogP contribution < -0.4 is 0 Å². The first-order valence-corrected chi connectivity index (χ1v) is 11.7. The SMILES string of the molecule is CCCCCC(OC(=O)CCCC(=O)O)C(O)C/C=C\CCCCCCCC(=O)OC. The monoisotopic (exact) mass is 442 g/mol. The minimum Gasteiger partial charge on any atom is -0.481 e. The first-order valence-electron chi connectivity index (χ1n) is 11.7. The van der Waals surface area contributed by atoms with E-state index in [1.54, 1.807) is 0 Å². The summed E-state index contributed by atoms with van der Waals surface area (Å²) in [5.41, 5.74) is 0. The lowest BCUT2D eigenvalue weighted by Gasteiger charge is -2.22. The molecule has 180 valence electrons. The van der Waals surface area contributed by atoms with Crippen molar-refractivity contribution in [1.29, 1.82) is 0 Å². The molecular formula is C24H42O7. The molecule has 7 heteroatoms. The molecule has 0 rings (SSSR count). The van der Waals surface area contributed by atoms with Crippen LogP contribution >= 0.6 is 0 Å². The fourth-order valence-electron chi connectivity index (χ4n) is 3.21. The van der Waals surface area contributed by atoms with Gasteiger partial charge in [0.15, 0.2) is 0 Å².